The van der Waals surface area contributed by atoms with Crippen LogP contribution in [0.4, 0.5) is 15.8 Å². The molecule has 4 N–H and O–H groups in total. The summed E-state index contributed by atoms with van der Waals surface area (Å²) in [7, 11) is 0. The number of carbonyl (C=O) groups excluding carboxylic acids is 2. The van der Waals surface area contributed by atoms with Crippen LogP contribution in [0.1, 0.15) is 54.6 Å². The van der Waals surface area contributed by atoms with Gasteiger partial charge >= 0.3 is 5.97 Å². The molecular weight excluding hydrogens is 556 g/mol. The fourth-order valence-corrected chi connectivity index (χ4v) is 6.42. The van der Waals surface area contributed by atoms with Gasteiger partial charge in [0, 0.05) is 28.4 Å². The zero-order valence-electron chi connectivity index (χ0n) is 22.0. The number of hydrogen-bond acceptors (Lipinski definition) is 4. The first-order valence-corrected chi connectivity index (χ1v) is 13.5. The van der Waals surface area contributed by atoms with Crippen LogP contribution in [-0.4, -0.2) is 35.0 Å². The molecule has 40 heavy (non-hydrogen) atoms. The van der Waals surface area contributed by atoms with Gasteiger partial charge in [0.1, 0.15) is 11.2 Å². The van der Waals surface area contributed by atoms with Crippen LogP contribution in [0.5, 0.6) is 0 Å². The van der Waals surface area contributed by atoms with Gasteiger partial charge in [-0.2, -0.15) is 0 Å². The van der Waals surface area contributed by atoms with Crippen molar-refractivity contribution in [2.75, 3.05) is 10.6 Å². The molecule has 2 heterocycles. The van der Waals surface area contributed by atoms with Crippen LogP contribution in [0.25, 0.3) is 0 Å². The summed E-state index contributed by atoms with van der Waals surface area (Å²) in [6, 6.07) is 13.8. The number of carboxylic acid groups (broad SMARTS) is 1. The Morgan fingerprint density at radius 3 is 2.42 bits per heavy atom. The average Bonchev–Trinajstić information content (AvgIpc) is 3.35. The standard InChI is InChI=1S/C30H28Cl2FN3O4/c1-29(2,3)14-22-30(19-12-9-16(31)13-21(19)35-28(30)40)23(18-5-4-6-20(32)24(18)33)25(36-22)26(37)34-17-10-7-15(8-11-17)27(38)39/h4-13,22-23,25,36H,14H2,1-3H3,(H,34,37)(H,35,40)(H,38,39). The van der Waals surface area contributed by atoms with Crippen LogP contribution in [0, 0.1) is 11.2 Å². The number of rotatable bonds is 5. The van der Waals surface area contributed by atoms with Crippen molar-refractivity contribution in [1.29, 1.82) is 0 Å². The highest BCUT2D eigenvalue weighted by molar-refractivity contribution is 6.31. The molecule has 3 aromatic rings. The van der Waals surface area contributed by atoms with Gasteiger partial charge in [-0.3, -0.25) is 9.59 Å². The smallest absolute Gasteiger partial charge is 0.335 e. The van der Waals surface area contributed by atoms with Crippen LogP contribution in [0.2, 0.25) is 10.0 Å². The van der Waals surface area contributed by atoms with E-state index in [9.17, 15) is 19.5 Å². The molecule has 2 aliphatic heterocycles. The Hall–Kier alpha value is -3.46. The largest absolute Gasteiger partial charge is 0.478 e. The quantitative estimate of drug-likeness (QED) is 0.285. The maximum Gasteiger partial charge on any atom is 0.335 e. The van der Waals surface area contributed by atoms with Crippen molar-refractivity contribution in [3.05, 3.63) is 93.2 Å². The van der Waals surface area contributed by atoms with Crippen LogP contribution in [0.3, 0.4) is 0 Å². The second-order valence-electron chi connectivity index (χ2n) is 11.5. The highest BCUT2D eigenvalue weighted by Crippen LogP contribution is 2.57. The molecule has 1 saturated heterocycles. The van der Waals surface area contributed by atoms with Crippen LogP contribution in [-0.2, 0) is 15.0 Å². The van der Waals surface area contributed by atoms with Gasteiger partial charge in [-0.15, -0.1) is 0 Å². The van der Waals surface area contributed by atoms with Gasteiger partial charge in [-0.25, -0.2) is 9.18 Å². The molecule has 2 amide bonds. The zero-order valence-corrected chi connectivity index (χ0v) is 23.5. The Kier molecular flexibility index (Phi) is 7.15. The van der Waals surface area contributed by atoms with E-state index in [1.165, 1.54) is 30.3 Å². The van der Waals surface area contributed by atoms with Gasteiger partial charge in [0.2, 0.25) is 11.8 Å². The minimum Gasteiger partial charge on any atom is -0.478 e. The summed E-state index contributed by atoms with van der Waals surface area (Å²) >= 11 is 12.5. The Labute approximate surface area is 241 Å². The van der Waals surface area contributed by atoms with Gasteiger partial charge < -0.3 is 21.1 Å². The van der Waals surface area contributed by atoms with Crippen molar-refractivity contribution in [2.45, 2.75) is 50.6 Å². The molecule has 10 heteroatoms. The predicted octanol–water partition coefficient (Wildman–Crippen LogP) is 6.22. The fraction of sp³-hybridized carbons (Fsp3) is 0.300. The van der Waals surface area contributed by atoms with Crippen molar-refractivity contribution in [2.24, 2.45) is 5.41 Å². The Morgan fingerprint density at radius 2 is 1.77 bits per heavy atom. The number of halogens is 3. The molecule has 3 aromatic carbocycles. The molecule has 0 radical (unpaired) electrons. The number of fused-ring (bicyclic) bond motifs is 2. The van der Waals surface area contributed by atoms with E-state index < -0.39 is 41.1 Å². The van der Waals surface area contributed by atoms with E-state index in [0.29, 0.717) is 28.4 Å². The Balaban J connectivity index is 1.69. The number of nitrogens with one attached hydrogen (secondary N) is 3. The maximum atomic E-state index is 15.8. The molecule has 7 nitrogen and oxygen atoms in total. The monoisotopic (exact) mass is 583 g/mol. The summed E-state index contributed by atoms with van der Waals surface area (Å²) in [6.45, 7) is 6.10. The highest BCUT2D eigenvalue weighted by atomic mass is 35.5. The van der Waals surface area contributed by atoms with Crippen molar-refractivity contribution in [3.8, 4) is 0 Å². The van der Waals surface area contributed by atoms with E-state index >= 15 is 4.39 Å². The molecule has 208 valence electrons. The molecule has 1 spiro atoms. The lowest BCUT2D eigenvalue weighted by Crippen LogP contribution is -2.49. The van der Waals surface area contributed by atoms with E-state index in [2.05, 4.69) is 16.0 Å². The molecule has 5 rings (SSSR count). The third-order valence-corrected chi connectivity index (χ3v) is 8.15. The average molecular weight is 584 g/mol. The number of anilines is 2. The molecule has 0 bridgehead atoms. The normalized spacial score (nSPS) is 23.6. The van der Waals surface area contributed by atoms with Crippen LogP contribution < -0.4 is 16.0 Å². The van der Waals surface area contributed by atoms with Crippen LogP contribution >= 0.6 is 23.2 Å². The van der Waals surface area contributed by atoms with E-state index in [0.717, 1.165) is 0 Å². The van der Waals surface area contributed by atoms with E-state index in [1.807, 2.05) is 20.8 Å². The first kappa shape index (κ1) is 28.1. The number of benzene rings is 3. The summed E-state index contributed by atoms with van der Waals surface area (Å²) in [4.78, 5) is 39.3. The van der Waals surface area contributed by atoms with Crippen LogP contribution in [0.15, 0.2) is 60.7 Å². The predicted molar refractivity (Wildman–Crippen MR) is 153 cm³/mol. The Morgan fingerprint density at radius 1 is 1.07 bits per heavy atom. The van der Waals surface area contributed by atoms with Crippen molar-refractivity contribution in [3.63, 3.8) is 0 Å². The number of aromatic carboxylic acids is 1. The number of amides is 2. The zero-order chi connectivity index (χ0) is 29.0. The second-order valence-corrected chi connectivity index (χ2v) is 12.3. The summed E-state index contributed by atoms with van der Waals surface area (Å²) in [5.41, 5.74) is 0.0565. The molecule has 0 saturated carbocycles. The van der Waals surface area contributed by atoms with Gasteiger partial charge in [-0.1, -0.05) is 62.2 Å². The summed E-state index contributed by atoms with van der Waals surface area (Å²) < 4.78 is 15.8. The molecule has 1 fully saturated rings. The topological polar surface area (TPSA) is 108 Å². The van der Waals surface area contributed by atoms with Gasteiger partial charge in [0.05, 0.1) is 16.6 Å². The molecular formula is C30H28Cl2FN3O4. The molecule has 4 atom stereocenters. The number of carbonyl (C=O) groups is 3. The first-order chi connectivity index (χ1) is 18.8. The lowest BCUT2D eigenvalue weighted by Gasteiger charge is -2.37. The first-order valence-electron chi connectivity index (χ1n) is 12.8. The minimum atomic E-state index is -1.37. The third-order valence-electron chi connectivity index (χ3n) is 7.62. The van der Waals surface area contributed by atoms with E-state index in [4.69, 9.17) is 23.2 Å². The highest BCUT2D eigenvalue weighted by Gasteiger charge is 2.66. The lowest BCUT2D eigenvalue weighted by atomic mass is 9.62. The van der Waals surface area contributed by atoms with Crippen molar-refractivity contribution >= 4 is 52.4 Å². The lowest BCUT2D eigenvalue weighted by molar-refractivity contribution is -0.122. The third kappa shape index (κ3) is 4.74. The van der Waals surface area contributed by atoms with Gasteiger partial charge in [0.15, 0.2) is 0 Å². The van der Waals surface area contributed by atoms with Gasteiger partial charge in [0.25, 0.3) is 0 Å². The molecule has 2 aliphatic rings. The second kappa shape index (κ2) is 10.2. The molecule has 4 unspecified atom stereocenters. The van der Waals surface area contributed by atoms with Crippen molar-refractivity contribution < 1.29 is 23.9 Å². The Bertz CT molecular complexity index is 1520. The SMILES string of the molecule is CC(C)(C)CC1NC(C(=O)Nc2ccc(C(=O)O)cc2)C(c2cccc(Cl)c2F)C12C(=O)Nc1cc(Cl)ccc12. The number of carboxylic acids is 1. The summed E-state index contributed by atoms with van der Waals surface area (Å²) in [6.07, 6.45) is 0.484. The van der Waals surface area contributed by atoms with Gasteiger partial charge in [-0.05, 0) is 65.4 Å². The van der Waals surface area contributed by atoms with E-state index in [1.54, 1.807) is 30.3 Å². The summed E-state index contributed by atoms with van der Waals surface area (Å²) in [5.74, 6) is -3.65. The molecule has 0 aliphatic carbocycles. The molecule has 0 aromatic heterocycles. The number of hydrogen-bond donors (Lipinski definition) is 4. The minimum absolute atomic E-state index is 0.0676. The maximum absolute atomic E-state index is 15.8. The fourth-order valence-electron chi connectivity index (χ4n) is 6.07. The van der Waals surface area contributed by atoms with Crippen molar-refractivity contribution in [1.82, 2.24) is 5.32 Å². The summed E-state index contributed by atoms with van der Waals surface area (Å²) in [5, 5.41) is 18.7. The van der Waals surface area contributed by atoms with E-state index in [-0.39, 0.29) is 27.5 Å².